The number of hydrogen-bond acceptors (Lipinski definition) is 3. The molecule has 0 aliphatic carbocycles. The van der Waals surface area contributed by atoms with Gasteiger partial charge in [-0.1, -0.05) is 34.1 Å². The molecule has 1 aromatic rings. The van der Waals surface area contributed by atoms with Crippen molar-refractivity contribution in [2.24, 2.45) is 0 Å². The number of halogens is 1. The maximum Gasteiger partial charge on any atom is 0.323 e. The molecule has 1 aliphatic heterocycles. The van der Waals surface area contributed by atoms with Gasteiger partial charge in [0.15, 0.2) is 0 Å². The molecule has 1 N–H and O–H groups in total. The first-order valence-electron chi connectivity index (χ1n) is 6.98. The first kappa shape index (κ1) is 18.6. The molecule has 2 heterocycles. The number of amides is 2. The molecule has 114 valence electrons. The van der Waals surface area contributed by atoms with E-state index in [1.165, 1.54) is 12.6 Å². The number of anilines is 1. The fraction of sp³-hybridized carbons (Fsp3) is 0.643. The zero-order chi connectivity index (χ0) is 15.8. The van der Waals surface area contributed by atoms with Crippen molar-refractivity contribution in [2.75, 3.05) is 11.4 Å². The van der Waals surface area contributed by atoms with Crippen LogP contribution in [0.25, 0.3) is 0 Å². The van der Waals surface area contributed by atoms with Crippen molar-refractivity contribution in [3.63, 3.8) is 0 Å². The molecule has 0 bridgehead atoms. The molecule has 20 heavy (non-hydrogen) atoms. The number of nitrogens with one attached hydrogen (secondary N) is 1. The lowest BCUT2D eigenvalue weighted by atomic mass is 10.1. The molecule has 1 aromatic heterocycles. The van der Waals surface area contributed by atoms with Gasteiger partial charge in [0.25, 0.3) is 0 Å². The van der Waals surface area contributed by atoms with Crippen LogP contribution in [0.1, 0.15) is 48.0 Å². The number of carbonyl (C=O) groups excluding carboxylic acids is 1. The Kier molecular flexibility index (Phi) is 8.15. The maximum atomic E-state index is 11.6. The summed E-state index contributed by atoms with van der Waals surface area (Å²) in [5.74, 6) is 0.526. The van der Waals surface area contributed by atoms with E-state index in [4.69, 9.17) is 11.6 Å². The maximum absolute atomic E-state index is 11.6. The molecule has 1 aliphatic rings. The first-order valence-corrected chi connectivity index (χ1v) is 7.35. The summed E-state index contributed by atoms with van der Waals surface area (Å²) in [6.07, 6.45) is 2.78. The number of hydrogen-bond donors (Lipinski definition) is 1. The van der Waals surface area contributed by atoms with Crippen LogP contribution in [0.5, 0.6) is 0 Å². The van der Waals surface area contributed by atoms with Crippen LogP contribution in [-0.2, 0) is 0 Å². The van der Waals surface area contributed by atoms with Gasteiger partial charge in [-0.2, -0.15) is 0 Å². The van der Waals surface area contributed by atoms with E-state index in [0.29, 0.717) is 12.4 Å². The number of aromatic nitrogens is 2. The summed E-state index contributed by atoms with van der Waals surface area (Å²) in [5, 5.41) is 2.99. The van der Waals surface area contributed by atoms with E-state index in [1.807, 2.05) is 27.7 Å². The Morgan fingerprint density at radius 3 is 2.35 bits per heavy atom. The summed E-state index contributed by atoms with van der Waals surface area (Å²) >= 11 is 5.66. The Morgan fingerprint density at radius 2 is 1.95 bits per heavy atom. The number of nitrogens with zero attached hydrogens (tertiary/aromatic N) is 3. The summed E-state index contributed by atoms with van der Waals surface area (Å²) in [4.78, 5) is 20.9. The van der Waals surface area contributed by atoms with Crippen LogP contribution in [0.2, 0.25) is 5.28 Å². The normalized spacial score (nSPS) is 15.6. The van der Waals surface area contributed by atoms with Crippen molar-refractivity contribution >= 4 is 23.4 Å². The van der Waals surface area contributed by atoms with Crippen LogP contribution < -0.4 is 10.2 Å². The van der Waals surface area contributed by atoms with Gasteiger partial charge in [-0.25, -0.2) is 14.8 Å². The SMILES string of the molecule is CC.CC1(C)CN(c2ccnc(Cl)n2)C(=O)N1.CCC. The molecule has 0 radical (unpaired) electrons. The Hall–Kier alpha value is -1.36. The molecule has 2 amide bonds. The van der Waals surface area contributed by atoms with Crippen molar-refractivity contribution in [3.8, 4) is 0 Å². The molecule has 2 rings (SSSR count). The fourth-order valence-corrected chi connectivity index (χ4v) is 1.67. The second-order valence-electron chi connectivity index (χ2n) is 4.79. The molecule has 0 saturated carbocycles. The molecular formula is C14H25ClN4O. The average molecular weight is 301 g/mol. The van der Waals surface area contributed by atoms with Crippen molar-refractivity contribution < 1.29 is 4.79 Å². The van der Waals surface area contributed by atoms with Gasteiger partial charge in [-0.15, -0.1) is 0 Å². The Labute approximate surface area is 126 Å². The highest BCUT2D eigenvalue weighted by atomic mass is 35.5. The smallest absolute Gasteiger partial charge is 0.323 e. The van der Waals surface area contributed by atoms with Gasteiger partial charge < -0.3 is 5.32 Å². The summed E-state index contributed by atoms with van der Waals surface area (Å²) in [6.45, 7) is 12.7. The molecule has 0 spiro atoms. The monoisotopic (exact) mass is 300 g/mol. The van der Waals surface area contributed by atoms with Crippen LogP contribution >= 0.6 is 11.6 Å². The third kappa shape index (κ3) is 5.74. The van der Waals surface area contributed by atoms with Gasteiger partial charge in [0.05, 0.1) is 12.1 Å². The number of rotatable bonds is 1. The van der Waals surface area contributed by atoms with Gasteiger partial charge in [-0.3, -0.25) is 4.90 Å². The minimum Gasteiger partial charge on any atom is -0.331 e. The molecule has 1 saturated heterocycles. The lowest BCUT2D eigenvalue weighted by Gasteiger charge is -2.16. The first-order chi connectivity index (χ1) is 9.39. The third-order valence-corrected chi connectivity index (χ3v) is 2.31. The zero-order valence-corrected chi connectivity index (χ0v) is 14.0. The van der Waals surface area contributed by atoms with Gasteiger partial charge in [-0.05, 0) is 31.5 Å². The number of urea groups is 1. The van der Waals surface area contributed by atoms with E-state index in [0.717, 1.165) is 0 Å². The fourth-order valence-electron chi connectivity index (χ4n) is 1.53. The van der Waals surface area contributed by atoms with E-state index in [2.05, 4.69) is 29.1 Å². The quantitative estimate of drug-likeness (QED) is 0.801. The lowest BCUT2D eigenvalue weighted by Crippen LogP contribution is -2.36. The zero-order valence-electron chi connectivity index (χ0n) is 13.2. The lowest BCUT2D eigenvalue weighted by molar-refractivity contribution is 0.248. The van der Waals surface area contributed by atoms with Crippen molar-refractivity contribution in [1.29, 1.82) is 0 Å². The van der Waals surface area contributed by atoms with Crippen LogP contribution in [0.3, 0.4) is 0 Å². The summed E-state index contributed by atoms with van der Waals surface area (Å²) in [6, 6.07) is 1.50. The molecular weight excluding hydrogens is 276 g/mol. The minimum atomic E-state index is -0.242. The Balaban J connectivity index is 0.000000641. The van der Waals surface area contributed by atoms with Crippen LogP contribution in [0.4, 0.5) is 10.6 Å². The summed E-state index contributed by atoms with van der Waals surface area (Å²) in [5.41, 5.74) is -0.242. The highest BCUT2D eigenvalue weighted by Gasteiger charge is 2.36. The molecule has 0 unspecified atom stereocenters. The Bertz CT molecular complexity index is 423. The summed E-state index contributed by atoms with van der Waals surface area (Å²) in [7, 11) is 0. The van der Waals surface area contributed by atoms with Crippen LogP contribution in [0, 0.1) is 0 Å². The molecule has 6 heteroatoms. The predicted octanol–water partition coefficient (Wildman–Crippen LogP) is 3.88. The van der Waals surface area contributed by atoms with E-state index < -0.39 is 0 Å². The predicted molar refractivity (Wildman–Crippen MR) is 84.3 cm³/mol. The third-order valence-electron chi connectivity index (χ3n) is 2.13. The van der Waals surface area contributed by atoms with Crippen molar-refractivity contribution in [3.05, 3.63) is 17.5 Å². The summed E-state index contributed by atoms with van der Waals surface area (Å²) < 4.78 is 0. The standard InChI is InChI=1S/C9H11ClN4O.C3H8.C2H6/c1-9(2)5-14(8(15)13-9)6-3-4-11-7(10)12-6;1-3-2;1-2/h3-4H,5H2,1-2H3,(H,13,15);3H2,1-2H3;1-2H3. The number of carbonyl (C=O) groups is 1. The van der Waals surface area contributed by atoms with Gasteiger partial charge in [0.1, 0.15) is 5.82 Å². The largest absolute Gasteiger partial charge is 0.331 e. The molecule has 0 atom stereocenters. The molecule has 0 aromatic carbocycles. The molecule has 1 fully saturated rings. The van der Waals surface area contributed by atoms with Gasteiger partial charge >= 0.3 is 6.03 Å². The minimum absolute atomic E-state index is 0.144. The second-order valence-corrected chi connectivity index (χ2v) is 5.13. The molecule has 5 nitrogen and oxygen atoms in total. The van der Waals surface area contributed by atoms with Crippen LogP contribution in [-0.4, -0.2) is 28.1 Å². The van der Waals surface area contributed by atoms with Crippen LogP contribution in [0.15, 0.2) is 12.3 Å². The topological polar surface area (TPSA) is 58.1 Å². The van der Waals surface area contributed by atoms with E-state index >= 15 is 0 Å². The Morgan fingerprint density at radius 1 is 1.40 bits per heavy atom. The second kappa shape index (κ2) is 8.74. The van der Waals surface area contributed by atoms with E-state index in [1.54, 1.807) is 11.0 Å². The van der Waals surface area contributed by atoms with Gasteiger partial charge in [0, 0.05) is 6.20 Å². The highest BCUT2D eigenvalue weighted by Crippen LogP contribution is 2.21. The van der Waals surface area contributed by atoms with Crippen molar-refractivity contribution in [1.82, 2.24) is 15.3 Å². The van der Waals surface area contributed by atoms with Crippen molar-refractivity contribution in [2.45, 2.75) is 53.5 Å². The van der Waals surface area contributed by atoms with Gasteiger partial charge in [0.2, 0.25) is 5.28 Å². The van der Waals surface area contributed by atoms with E-state index in [-0.39, 0.29) is 16.9 Å². The highest BCUT2D eigenvalue weighted by molar-refractivity contribution is 6.28. The van der Waals surface area contributed by atoms with E-state index in [9.17, 15) is 4.79 Å². The average Bonchev–Trinajstić information content (AvgIpc) is 2.66.